The molecule has 0 heterocycles. The first-order valence-corrected chi connectivity index (χ1v) is 4.45. The maximum absolute atomic E-state index is 9.90. The van der Waals surface area contributed by atoms with Gasteiger partial charge in [0, 0.05) is 6.08 Å². The third-order valence-corrected chi connectivity index (χ3v) is 1.60. The highest BCUT2D eigenvalue weighted by atomic mass is 16.4. The predicted molar refractivity (Wildman–Crippen MR) is 55.0 cm³/mol. The molecule has 0 aliphatic carbocycles. The molecule has 0 aromatic carbocycles. The van der Waals surface area contributed by atoms with Gasteiger partial charge in [-0.1, -0.05) is 6.58 Å². The molecule has 4 unspecified atom stereocenters. The molecule has 8 nitrogen and oxygen atoms in total. The highest BCUT2D eigenvalue weighted by Gasteiger charge is 2.29. The molecule has 0 radical (unpaired) electrons. The van der Waals surface area contributed by atoms with Crippen LogP contribution < -0.4 is 0 Å². The smallest absolute Gasteiger partial charge is 0.327 e. The molecular formula is C9H16O8. The van der Waals surface area contributed by atoms with Crippen molar-refractivity contribution in [2.24, 2.45) is 0 Å². The summed E-state index contributed by atoms with van der Waals surface area (Å²) in [6, 6.07) is 0. The van der Waals surface area contributed by atoms with Gasteiger partial charge in [-0.25, -0.2) is 4.79 Å². The second-order valence-corrected chi connectivity index (χ2v) is 2.90. The summed E-state index contributed by atoms with van der Waals surface area (Å²) in [5, 5.41) is 51.1. The summed E-state index contributed by atoms with van der Waals surface area (Å²) >= 11 is 0. The number of carboxylic acids is 1. The zero-order valence-electron chi connectivity index (χ0n) is 8.88. The quantitative estimate of drug-likeness (QED) is 0.214. The van der Waals surface area contributed by atoms with E-state index in [1.54, 1.807) is 0 Å². The van der Waals surface area contributed by atoms with Crippen molar-refractivity contribution in [1.82, 2.24) is 0 Å². The van der Waals surface area contributed by atoms with Gasteiger partial charge >= 0.3 is 5.97 Å². The number of aliphatic carboxylic acids is 1. The van der Waals surface area contributed by atoms with Crippen molar-refractivity contribution < 1.29 is 40.2 Å². The van der Waals surface area contributed by atoms with Crippen molar-refractivity contribution in [1.29, 1.82) is 0 Å². The van der Waals surface area contributed by atoms with E-state index in [9.17, 15) is 9.59 Å². The van der Waals surface area contributed by atoms with E-state index in [1.807, 2.05) is 0 Å². The van der Waals surface area contributed by atoms with Gasteiger partial charge in [-0.05, 0) is 0 Å². The van der Waals surface area contributed by atoms with Crippen molar-refractivity contribution in [2.45, 2.75) is 24.4 Å². The summed E-state index contributed by atoms with van der Waals surface area (Å²) in [6.45, 7) is 2.20. The molecule has 0 spiro atoms. The van der Waals surface area contributed by atoms with Gasteiger partial charge in [0.25, 0.3) is 0 Å². The van der Waals surface area contributed by atoms with E-state index in [4.69, 9.17) is 30.6 Å². The molecule has 0 aliphatic rings. The van der Waals surface area contributed by atoms with Gasteiger partial charge in [-0.2, -0.15) is 0 Å². The number of carbonyl (C=O) groups excluding carboxylic acids is 1. The molecular weight excluding hydrogens is 236 g/mol. The molecule has 0 aromatic heterocycles. The largest absolute Gasteiger partial charge is 0.478 e. The monoisotopic (exact) mass is 252 g/mol. The summed E-state index contributed by atoms with van der Waals surface area (Å²) < 4.78 is 0. The van der Waals surface area contributed by atoms with Crippen molar-refractivity contribution in [3.05, 3.63) is 12.7 Å². The highest BCUT2D eigenvalue weighted by Crippen LogP contribution is 2.02. The molecule has 0 aliphatic heterocycles. The topological polar surface area (TPSA) is 156 Å². The van der Waals surface area contributed by atoms with E-state index in [1.165, 1.54) is 0 Å². The molecule has 100 valence electrons. The first kappa shape index (κ1) is 18.1. The number of rotatable bonds is 6. The van der Waals surface area contributed by atoms with Crippen LogP contribution in [0.3, 0.4) is 0 Å². The number of hydrogen-bond acceptors (Lipinski definition) is 7. The summed E-state index contributed by atoms with van der Waals surface area (Å²) in [4.78, 5) is 19.1. The lowest BCUT2D eigenvalue weighted by Crippen LogP contribution is -2.46. The fourth-order valence-corrected chi connectivity index (χ4v) is 0.618. The lowest BCUT2D eigenvalue weighted by molar-refractivity contribution is -0.136. The van der Waals surface area contributed by atoms with E-state index in [2.05, 4.69) is 6.58 Å². The van der Waals surface area contributed by atoms with Gasteiger partial charge in [-0.15, -0.1) is 0 Å². The Morgan fingerprint density at radius 1 is 1.18 bits per heavy atom. The normalized spacial score (nSPS) is 16.8. The summed E-state index contributed by atoms with van der Waals surface area (Å²) in [5.74, 6) is -0.981. The van der Waals surface area contributed by atoms with Crippen LogP contribution in [0, 0.1) is 0 Å². The minimum atomic E-state index is -1.79. The Labute approximate surface area is 97.1 Å². The standard InChI is InChI=1S/C6H12O6.C3H4O2/c7-1-3(9)5(11)6(12)4(10)2-8;1-2-3(4)5/h1,3-6,8-12H,2H2;2H,1H2,(H,4,5). The van der Waals surface area contributed by atoms with Gasteiger partial charge in [0.15, 0.2) is 6.29 Å². The number of carboxylic acid groups (broad SMARTS) is 1. The Hall–Kier alpha value is -1.32. The number of hydrogen-bond donors (Lipinski definition) is 6. The summed E-state index contributed by atoms with van der Waals surface area (Å²) in [7, 11) is 0. The minimum absolute atomic E-state index is 0.0258. The molecule has 0 amide bonds. The van der Waals surface area contributed by atoms with E-state index in [-0.39, 0.29) is 6.29 Å². The van der Waals surface area contributed by atoms with Crippen LogP contribution in [0.25, 0.3) is 0 Å². The average Bonchev–Trinajstić information content (AvgIpc) is 2.35. The van der Waals surface area contributed by atoms with E-state index in [0.717, 1.165) is 6.08 Å². The number of aldehydes is 1. The fraction of sp³-hybridized carbons (Fsp3) is 0.556. The first-order valence-electron chi connectivity index (χ1n) is 4.45. The molecule has 0 rings (SSSR count). The van der Waals surface area contributed by atoms with Gasteiger partial charge in [0.2, 0.25) is 0 Å². The zero-order chi connectivity index (χ0) is 14.0. The Balaban J connectivity index is 0. The van der Waals surface area contributed by atoms with Crippen LogP contribution in [-0.2, 0) is 9.59 Å². The SMILES string of the molecule is C=CC(=O)O.O=CC(O)C(O)C(O)C(O)CO. The van der Waals surface area contributed by atoms with Crippen LogP contribution in [0.5, 0.6) is 0 Å². The zero-order valence-corrected chi connectivity index (χ0v) is 8.88. The summed E-state index contributed by atoms with van der Waals surface area (Å²) in [5.41, 5.74) is 0. The lowest BCUT2D eigenvalue weighted by atomic mass is 10.0. The molecule has 17 heavy (non-hydrogen) atoms. The fourth-order valence-electron chi connectivity index (χ4n) is 0.618. The molecule has 4 atom stereocenters. The van der Waals surface area contributed by atoms with Crippen molar-refractivity contribution >= 4 is 12.3 Å². The molecule has 0 aromatic rings. The van der Waals surface area contributed by atoms with Crippen LogP contribution in [-0.4, -0.2) is 73.9 Å². The molecule has 0 fully saturated rings. The summed E-state index contributed by atoms with van der Waals surface area (Å²) in [6.07, 6.45) is -6.01. The molecule has 0 bridgehead atoms. The third kappa shape index (κ3) is 8.48. The Morgan fingerprint density at radius 3 is 1.82 bits per heavy atom. The van der Waals surface area contributed by atoms with Gasteiger partial charge in [0.05, 0.1) is 6.61 Å². The number of aliphatic hydroxyl groups excluding tert-OH is 5. The third-order valence-electron chi connectivity index (χ3n) is 1.60. The van der Waals surface area contributed by atoms with Crippen molar-refractivity contribution in [3.8, 4) is 0 Å². The van der Waals surface area contributed by atoms with Gasteiger partial charge < -0.3 is 35.4 Å². The van der Waals surface area contributed by atoms with Gasteiger partial charge in [0.1, 0.15) is 24.4 Å². The minimum Gasteiger partial charge on any atom is -0.478 e. The van der Waals surface area contributed by atoms with E-state index >= 15 is 0 Å². The molecule has 8 heteroatoms. The maximum atomic E-state index is 9.90. The van der Waals surface area contributed by atoms with Crippen LogP contribution in [0.15, 0.2) is 12.7 Å². The van der Waals surface area contributed by atoms with Crippen LogP contribution in [0.4, 0.5) is 0 Å². The first-order chi connectivity index (χ1) is 7.81. The average molecular weight is 252 g/mol. The molecule has 0 saturated heterocycles. The second-order valence-electron chi connectivity index (χ2n) is 2.90. The maximum Gasteiger partial charge on any atom is 0.327 e. The van der Waals surface area contributed by atoms with E-state index in [0.29, 0.717) is 0 Å². The van der Waals surface area contributed by atoms with Gasteiger partial charge in [-0.3, -0.25) is 0 Å². The van der Waals surface area contributed by atoms with Crippen LogP contribution in [0.1, 0.15) is 0 Å². The Morgan fingerprint density at radius 2 is 1.59 bits per heavy atom. The second kappa shape index (κ2) is 9.87. The van der Waals surface area contributed by atoms with Crippen LogP contribution >= 0.6 is 0 Å². The highest BCUT2D eigenvalue weighted by molar-refractivity contribution is 5.78. The molecule has 0 saturated carbocycles. The number of aliphatic hydroxyl groups is 5. The predicted octanol–water partition coefficient (Wildman–Crippen LogP) is -3.12. The van der Waals surface area contributed by atoms with Crippen molar-refractivity contribution in [3.63, 3.8) is 0 Å². The van der Waals surface area contributed by atoms with Crippen molar-refractivity contribution in [2.75, 3.05) is 6.61 Å². The van der Waals surface area contributed by atoms with E-state index < -0.39 is 37.0 Å². The Kier molecular flexibility index (Phi) is 10.5. The Bertz CT molecular complexity index is 241. The molecule has 6 N–H and O–H groups in total. The lowest BCUT2D eigenvalue weighted by Gasteiger charge is -2.22. The number of carbonyl (C=O) groups is 2. The van der Waals surface area contributed by atoms with Crippen LogP contribution in [0.2, 0.25) is 0 Å².